The lowest BCUT2D eigenvalue weighted by Gasteiger charge is -2.27. The normalized spacial score (nSPS) is 15.4. The van der Waals surface area contributed by atoms with Gasteiger partial charge in [0.15, 0.2) is 11.5 Å². The van der Waals surface area contributed by atoms with Crippen molar-refractivity contribution in [1.82, 2.24) is 4.90 Å². The molecule has 0 amide bonds. The second kappa shape index (κ2) is 8.31. The molecular weight excluding hydrogens is 346 g/mol. The van der Waals surface area contributed by atoms with E-state index in [4.69, 9.17) is 14.2 Å². The van der Waals surface area contributed by atoms with Crippen LogP contribution in [0.3, 0.4) is 0 Å². The van der Waals surface area contributed by atoms with Crippen LogP contribution in [0.5, 0.6) is 17.2 Å². The molecule has 1 heterocycles. The largest absolute Gasteiger partial charge is 0.497 e. The summed E-state index contributed by atoms with van der Waals surface area (Å²) in [5.41, 5.74) is 3.07. The third-order valence-corrected chi connectivity index (χ3v) is 5.05. The number of rotatable bonds is 6. The van der Waals surface area contributed by atoms with Gasteiger partial charge in [-0.15, -0.1) is 0 Å². The molecule has 1 N–H and O–H groups in total. The minimum atomic E-state index is -0.857. The van der Waals surface area contributed by atoms with Gasteiger partial charge in [0.05, 0.1) is 21.3 Å². The Kier molecular flexibility index (Phi) is 5.86. The third-order valence-electron chi connectivity index (χ3n) is 5.05. The maximum atomic E-state index is 12.1. The summed E-state index contributed by atoms with van der Waals surface area (Å²) in [4.78, 5) is 14.1. The predicted octanol–water partition coefficient (Wildman–Crippen LogP) is 2.94. The molecule has 1 atom stereocenters. The van der Waals surface area contributed by atoms with Crippen molar-refractivity contribution in [2.24, 2.45) is 0 Å². The van der Waals surface area contributed by atoms with Crippen LogP contribution in [0.2, 0.25) is 0 Å². The van der Waals surface area contributed by atoms with Crippen molar-refractivity contribution >= 4 is 5.97 Å². The minimum absolute atomic E-state index is 0.649. The number of hydrogen-bond donors (Lipinski definition) is 1. The first-order chi connectivity index (χ1) is 13.1. The van der Waals surface area contributed by atoms with E-state index in [1.807, 2.05) is 35.2 Å². The number of nitrogens with zero attached hydrogens (tertiary/aromatic N) is 1. The van der Waals surface area contributed by atoms with E-state index in [1.54, 1.807) is 27.4 Å². The van der Waals surface area contributed by atoms with Gasteiger partial charge >= 0.3 is 5.97 Å². The molecule has 0 bridgehead atoms. The summed E-state index contributed by atoms with van der Waals surface area (Å²) in [7, 11) is 4.82. The molecule has 0 saturated heterocycles. The van der Waals surface area contributed by atoms with E-state index in [1.165, 1.54) is 11.1 Å². The minimum Gasteiger partial charge on any atom is -0.497 e. The van der Waals surface area contributed by atoms with Gasteiger partial charge < -0.3 is 19.3 Å². The van der Waals surface area contributed by atoms with Crippen molar-refractivity contribution in [2.45, 2.75) is 18.9 Å². The van der Waals surface area contributed by atoms with E-state index < -0.39 is 12.0 Å². The summed E-state index contributed by atoms with van der Waals surface area (Å²) in [6, 6.07) is 10.6. The van der Waals surface area contributed by atoms with Crippen molar-refractivity contribution in [3.63, 3.8) is 0 Å². The van der Waals surface area contributed by atoms with E-state index in [2.05, 4.69) is 0 Å². The van der Waals surface area contributed by atoms with Crippen molar-refractivity contribution in [2.75, 3.05) is 34.4 Å². The molecule has 0 fully saturated rings. The second-order valence-corrected chi connectivity index (χ2v) is 6.53. The number of benzene rings is 2. The van der Waals surface area contributed by atoms with E-state index in [0.717, 1.165) is 18.4 Å². The molecule has 0 radical (unpaired) electrons. The first-order valence-electron chi connectivity index (χ1n) is 8.92. The number of methoxy groups -OCH3 is 3. The standard InChI is InChI=1S/C21H25NO5/c1-25-17-6-4-5-16(11-17)20(21(23)24)22-9-7-14-12-18(26-2)19(27-3)13-15(14)8-10-22/h4-6,11-13,20H,7-10H2,1-3H3,(H,23,24). The number of carboxylic acids is 1. The summed E-state index contributed by atoms with van der Waals surface area (Å²) in [5.74, 6) is 1.20. The summed E-state index contributed by atoms with van der Waals surface area (Å²) in [6.45, 7) is 1.30. The Bertz CT molecular complexity index is 785. The Morgan fingerprint density at radius 1 is 0.963 bits per heavy atom. The van der Waals surface area contributed by atoms with Crippen molar-refractivity contribution in [1.29, 1.82) is 0 Å². The van der Waals surface area contributed by atoms with E-state index in [9.17, 15) is 9.90 Å². The van der Waals surface area contributed by atoms with Gasteiger partial charge in [0.25, 0.3) is 0 Å². The molecule has 1 aliphatic heterocycles. The average molecular weight is 371 g/mol. The van der Waals surface area contributed by atoms with Gasteiger partial charge in [-0.1, -0.05) is 12.1 Å². The van der Waals surface area contributed by atoms with Gasteiger partial charge in [-0.2, -0.15) is 0 Å². The molecule has 144 valence electrons. The van der Waals surface area contributed by atoms with Gasteiger partial charge in [0, 0.05) is 13.1 Å². The SMILES string of the molecule is COc1cccc(C(C(=O)O)N2CCc3cc(OC)c(OC)cc3CC2)c1. The van der Waals surface area contributed by atoms with E-state index >= 15 is 0 Å². The van der Waals surface area contributed by atoms with Crippen molar-refractivity contribution in [3.8, 4) is 17.2 Å². The molecular formula is C21H25NO5. The molecule has 6 nitrogen and oxygen atoms in total. The highest BCUT2D eigenvalue weighted by atomic mass is 16.5. The van der Waals surface area contributed by atoms with Crippen LogP contribution < -0.4 is 14.2 Å². The molecule has 2 aromatic rings. The zero-order chi connectivity index (χ0) is 19.4. The molecule has 27 heavy (non-hydrogen) atoms. The third kappa shape index (κ3) is 4.01. The molecule has 1 unspecified atom stereocenters. The number of hydrogen-bond acceptors (Lipinski definition) is 5. The van der Waals surface area contributed by atoms with Crippen molar-refractivity contribution in [3.05, 3.63) is 53.1 Å². The number of aliphatic carboxylic acids is 1. The summed E-state index contributed by atoms with van der Waals surface area (Å²) in [5, 5.41) is 9.89. The molecule has 1 aliphatic rings. The molecule has 0 spiro atoms. The molecule has 6 heteroatoms. The Labute approximate surface area is 159 Å². The highest BCUT2D eigenvalue weighted by molar-refractivity contribution is 5.75. The van der Waals surface area contributed by atoms with Crippen LogP contribution in [-0.2, 0) is 17.6 Å². The lowest BCUT2D eigenvalue weighted by molar-refractivity contribution is -0.143. The molecule has 0 saturated carbocycles. The Hall–Kier alpha value is -2.73. The lowest BCUT2D eigenvalue weighted by atomic mass is 10.0. The van der Waals surface area contributed by atoms with E-state index in [0.29, 0.717) is 30.3 Å². The summed E-state index contributed by atoms with van der Waals surface area (Å²) in [6.07, 6.45) is 1.51. The zero-order valence-electron chi connectivity index (χ0n) is 15.9. The fourth-order valence-corrected chi connectivity index (χ4v) is 3.65. The Morgan fingerprint density at radius 3 is 2.04 bits per heavy atom. The molecule has 0 aliphatic carbocycles. The quantitative estimate of drug-likeness (QED) is 0.842. The monoisotopic (exact) mass is 371 g/mol. The molecule has 2 aromatic carbocycles. The summed E-state index contributed by atoms with van der Waals surface area (Å²) < 4.78 is 16.1. The number of ether oxygens (including phenoxy) is 3. The van der Waals surface area contributed by atoms with Gasteiger partial charge in [0.1, 0.15) is 11.8 Å². The van der Waals surface area contributed by atoms with Gasteiger partial charge in [-0.05, 0) is 53.8 Å². The Balaban J connectivity index is 1.88. The van der Waals surface area contributed by atoms with Crippen LogP contribution in [0.15, 0.2) is 36.4 Å². The van der Waals surface area contributed by atoms with Crippen LogP contribution >= 0.6 is 0 Å². The molecule has 0 aromatic heterocycles. The second-order valence-electron chi connectivity index (χ2n) is 6.53. The average Bonchev–Trinajstić information content (AvgIpc) is 2.89. The first-order valence-corrected chi connectivity index (χ1v) is 8.92. The number of carboxylic acid groups (broad SMARTS) is 1. The fourth-order valence-electron chi connectivity index (χ4n) is 3.65. The predicted molar refractivity (Wildman–Crippen MR) is 102 cm³/mol. The number of carbonyl (C=O) groups is 1. The maximum absolute atomic E-state index is 12.1. The molecule has 3 rings (SSSR count). The lowest BCUT2D eigenvalue weighted by Crippen LogP contribution is -2.36. The van der Waals surface area contributed by atoms with Crippen LogP contribution in [0.4, 0.5) is 0 Å². The number of fused-ring (bicyclic) bond motifs is 1. The highest BCUT2D eigenvalue weighted by Crippen LogP contribution is 2.34. The zero-order valence-corrected chi connectivity index (χ0v) is 15.9. The first kappa shape index (κ1) is 19.0. The fraction of sp³-hybridized carbons (Fsp3) is 0.381. The van der Waals surface area contributed by atoms with Gasteiger partial charge in [-0.3, -0.25) is 9.69 Å². The van der Waals surface area contributed by atoms with E-state index in [-0.39, 0.29) is 0 Å². The van der Waals surface area contributed by atoms with Crippen LogP contribution in [0.1, 0.15) is 22.7 Å². The Morgan fingerprint density at radius 2 is 1.56 bits per heavy atom. The van der Waals surface area contributed by atoms with Gasteiger partial charge in [-0.25, -0.2) is 0 Å². The smallest absolute Gasteiger partial charge is 0.325 e. The van der Waals surface area contributed by atoms with Crippen molar-refractivity contribution < 1.29 is 24.1 Å². The van der Waals surface area contributed by atoms with Crippen LogP contribution in [-0.4, -0.2) is 50.4 Å². The summed E-state index contributed by atoms with van der Waals surface area (Å²) >= 11 is 0. The highest BCUT2D eigenvalue weighted by Gasteiger charge is 2.29. The topological polar surface area (TPSA) is 68.2 Å². The van der Waals surface area contributed by atoms with Crippen LogP contribution in [0.25, 0.3) is 0 Å². The van der Waals surface area contributed by atoms with Gasteiger partial charge in [0.2, 0.25) is 0 Å². The maximum Gasteiger partial charge on any atom is 0.325 e. The van der Waals surface area contributed by atoms with Crippen LogP contribution in [0, 0.1) is 0 Å².